The van der Waals surface area contributed by atoms with Crippen molar-refractivity contribution in [1.82, 2.24) is 10.2 Å². The van der Waals surface area contributed by atoms with Gasteiger partial charge in [-0.25, -0.2) is 0 Å². The average Bonchev–Trinajstić information content (AvgIpc) is 2.54. The Morgan fingerprint density at radius 2 is 2.08 bits per heavy atom. The molecule has 1 heterocycles. The number of nitrogens with one attached hydrogen (secondary N) is 1. The molecule has 0 spiro atoms. The van der Waals surface area contributed by atoms with E-state index in [4.69, 9.17) is 11.6 Å². The lowest BCUT2D eigenvalue weighted by molar-refractivity contribution is -0.110. The van der Waals surface area contributed by atoms with Crippen molar-refractivity contribution in [1.29, 1.82) is 0 Å². The maximum atomic E-state index is 12.5. The van der Waals surface area contributed by atoms with Crippen molar-refractivity contribution in [3.8, 4) is 0 Å². The Morgan fingerprint density at radius 1 is 1.42 bits per heavy atom. The van der Waals surface area contributed by atoms with Gasteiger partial charge in [-0.15, -0.1) is 0 Å². The highest BCUT2D eigenvalue weighted by Gasteiger charge is 2.41. The second kappa shape index (κ2) is 8.30. The molecule has 0 bridgehead atoms. The second-order valence-corrected chi connectivity index (χ2v) is 7.42. The van der Waals surface area contributed by atoms with Crippen molar-refractivity contribution in [2.45, 2.75) is 38.4 Å². The zero-order valence-corrected chi connectivity index (χ0v) is 15.1. The smallest absolute Gasteiger partial charge is 0.253 e. The van der Waals surface area contributed by atoms with Crippen LogP contribution in [0.25, 0.3) is 0 Å². The summed E-state index contributed by atoms with van der Waals surface area (Å²) in [6, 6.07) is 6.69. The maximum Gasteiger partial charge on any atom is 0.253 e. The summed E-state index contributed by atoms with van der Waals surface area (Å²) < 4.78 is 0. The fourth-order valence-corrected chi connectivity index (χ4v) is 2.95. The summed E-state index contributed by atoms with van der Waals surface area (Å²) in [7, 11) is 0. The lowest BCUT2D eigenvalue weighted by Crippen LogP contribution is -2.60. The number of aliphatic hydroxyl groups is 2. The fraction of sp³-hybridized carbons (Fsp3) is 0.611. The Labute approximate surface area is 148 Å². The fourth-order valence-electron chi connectivity index (χ4n) is 2.83. The van der Waals surface area contributed by atoms with Crippen molar-refractivity contribution in [3.63, 3.8) is 0 Å². The predicted octanol–water partition coefficient (Wildman–Crippen LogP) is 1.91. The largest absolute Gasteiger partial charge is 0.388 e. The van der Waals surface area contributed by atoms with Crippen LogP contribution >= 0.6 is 11.6 Å². The van der Waals surface area contributed by atoms with Crippen molar-refractivity contribution in [2.75, 3.05) is 26.2 Å². The molecule has 2 atom stereocenters. The van der Waals surface area contributed by atoms with Gasteiger partial charge in [0.1, 0.15) is 11.7 Å². The molecule has 2 rings (SSSR count). The van der Waals surface area contributed by atoms with Crippen LogP contribution in [0.3, 0.4) is 0 Å². The third-order valence-electron chi connectivity index (χ3n) is 4.54. The molecule has 0 aliphatic carbocycles. The van der Waals surface area contributed by atoms with Crippen LogP contribution in [0.2, 0.25) is 5.02 Å². The minimum absolute atomic E-state index is 0.129. The highest BCUT2D eigenvalue weighted by Crippen LogP contribution is 2.24. The van der Waals surface area contributed by atoms with Crippen molar-refractivity contribution in [2.24, 2.45) is 5.92 Å². The number of piperidine rings is 1. The Kier molecular flexibility index (Phi) is 6.63. The zero-order valence-electron chi connectivity index (χ0n) is 14.3. The van der Waals surface area contributed by atoms with Crippen LogP contribution in [0.5, 0.6) is 0 Å². The first-order valence-corrected chi connectivity index (χ1v) is 8.85. The molecule has 1 amide bonds. The average molecular weight is 355 g/mol. The molecule has 0 radical (unpaired) electrons. The van der Waals surface area contributed by atoms with Crippen LogP contribution in [0.4, 0.5) is 0 Å². The monoisotopic (exact) mass is 354 g/mol. The lowest BCUT2D eigenvalue weighted by atomic mass is 9.88. The summed E-state index contributed by atoms with van der Waals surface area (Å²) in [5.41, 5.74) is -0.652. The number of hydrogen-bond donors (Lipinski definition) is 3. The second-order valence-electron chi connectivity index (χ2n) is 6.99. The molecule has 1 aliphatic rings. The summed E-state index contributed by atoms with van der Waals surface area (Å²) in [5.74, 6) is 0.441. The van der Waals surface area contributed by atoms with Crippen LogP contribution < -0.4 is 5.32 Å². The summed E-state index contributed by atoms with van der Waals surface area (Å²) >= 11 is 5.84. The molecule has 1 aliphatic heterocycles. The number of β-amino-alcohol motifs (C(OH)–C–C–N with tert-alkyl or cyclic N) is 1. The summed E-state index contributed by atoms with van der Waals surface area (Å²) in [5, 5.41) is 24.8. The van der Waals surface area contributed by atoms with E-state index in [1.807, 2.05) is 0 Å². The minimum atomic E-state index is -1.19. The summed E-state index contributed by atoms with van der Waals surface area (Å²) in [6.45, 7) is 5.98. The minimum Gasteiger partial charge on any atom is -0.388 e. The van der Waals surface area contributed by atoms with Crippen molar-refractivity contribution in [3.05, 3.63) is 34.9 Å². The summed E-state index contributed by atoms with van der Waals surface area (Å²) in [4.78, 5) is 14.1. The molecule has 5 nitrogen and oxygen atoms in total. The quantitative estimate of drug-likeness (QED) is 0.682. The third-order valence-corrected chi connectivity index (χ3v) is 4.79. The van der Waals surface area contributed by atoms with Crippen molar-refractivity contribution < 1.29 is 15.0 Å². The van der Waals surface area contributed by atoms with E-state index in [0.29, 0.717) is 36.0 Å². The number of halogens is 1. The first-order chi connectivity index (χ1) is 11.3. The van der Waals surface area contributed by atoms with Gasteiger partial charge in [0.2, 0.25) is 0 Å². The molecule has 0 saturated carbocycles. The van der Waals surface area contributed by atoms with E-state index in [1.165, 1.54) is 0 Å². The molecular formula is C18H27ClN2O3. The first kappa shape index (κ1) is 19.2. The Morgan fingerprint density at radius 3 is 2.67 bits per heavy atom. The molecule has 1 fully saturated rings. The van der Waals surface area contributed by atoms with Gasteiger partial charge >= 0.3 is 0 Å². The van der Waals surface area contributed by atoms with E-state index in [9.17, 15) is 15.0 Å². The molecule has 1 aromatic carbocycles. The number of benzene rings is 1. The molecular weight excluding hydrogens is 328 g/mol. The van der Waals surface area contributed by atoms with Gasteiger partial charge in [-0.1, -0.05) is 25.4 Å². The molecule has 0 aromatic heterocycles. The molecule has 0 unspecified atom stereocenters. The van der Waals surface area contributed by atoms with E-state index < -0.39 is 11.7 Å². The molecule has 24 heavy (non-hydrogen) atoms. The van der Waals surface area contributed by atoms with Crippen molar-refractivity contribution >= 4 is 17.5 Å². The van der Waals surface area contributed by atoms with Gasteiger partial charge in [0.15, 0.2) is 0 Å². The normalized spacial score (nSPS) is 24.4. The zero-order chi connectivity index (χ0) is 17.7. The van der Waals surface area contributed by atoms with E-state index in [1.54, 1.807) is 29.2 Å². The molecule has 3 N–H and O–H groups in total. The van der Waals surface area contributed by atoms with Crippen LogP contribution in [0.15, 0.2) is 24.3 Å². The van der Waals surface area contributed by atoms with Gasteiger partial charge in [-0.05, 0) is 49.6 Å². The Balaban J connectivity index is 1.89. The summed E-state index contributed by atoms with van der Waals surface area (Å²) in [6.07, 6.45) is 0.407. The number of hydrogen-bond acceptors (Lipinski definition) is 4. The molecule has 1 saturated heterocycles. The number of likely N-dealkylation sites (tertiary alicyclic amines) is 1. The first-order valence-electron chi connectivity index (χ1n) is 8.48. The van der Waals surface area contributed by atoms with Crippen LogP contribution in [-0.4, -0.2) is 58.9 Å². The molecule has 134 valence electrons. The van der Waals surface area contributed by atoms with Gasteiger partial charge in [-0.3, -0.25) is 4.79 Å². The van der Waals surface area contributed by atoms with E-state index in [-0.39, 0.29) is 12.5 Å². The topological polar surface area (TPSA) is 72.8 Å². The number of nitrogens with zero attached hydrogens (tertiary/aromatic N) is 1. The number of rotatable bonds is 6. The van der Waals surface area contributed by atoms with E-state index >= 15 is 0 Å². The Bertz CT molecular complexity index is 550. The SMILES string of the molecule is CC(C)CCNC[C@@]1(O)CCN(C(=O)c2ccc(Cl)cc2)C[C@@H]1O. The van der Waals surface area contributed by atoms with Gasteiger partial charge in [0, 0.05) is 30.2 Å². The van der Waals surface area contributed by atoms with Crippen LogP contribution in [-0.2, 0) is 0 Å². The standard InChI is InChI=1S/C18H27ClN2O3/c1-13(2)7-9-20-12-18(24)8-10-21(11-16(18)22)17(23)14-3-5-15(19)6-4-14/h3-6,13,16,20,22,24H,7-12H2,1-2H3/t16-,18-/m0/s1. The van der Waals surface area contributed by atoms with Gasteiger partial charge in [0.05, 0.1) is 0 Å². The number of carbonyl (C=O) groups excluding carboxylic acids is 1. The van der Waals surface area contributed by atoms with Gasteiger partial charge in [-0.2, -0.15) is 0 Å². The van der Waals surface area contributed by atoms with Crippen LogP contribution in [0.1, 0.15) is 37.0 Å². The maximum absolute atomic E-state index is 12.5. The predicted molar refractivity (Wildman–Crippen MR) is 95.3 cm³/mol. The van der Waals surface area contributed by atoms with E-state index in [2.05, 4.69) is 19.2 Å². The Hall–Kier alpha value is -1.14. The number of amides is 1. The number of carbonyl (C=O) groups is 1. The van der Waals surface area contributed by atoms with Gasteiger partial charge < -0.3 is 20.4 Å². The number of aliphatic hydroxyl groups excluding tert-OH is 1. The molecule has 1 aromatic rings. The highest BCUT2D eigenvalue weighted by atomic mass is 35.5. The van der Waals surface area contributed by atoms with Gasteiger partial charge in [0.25, 0.3) is 5.91 Å². The third kappa shape index (κ3) is 4.93. The highest BCUT2D eigenvalue weighted by molar-refractivity contribution is 6.30. The van der Waals surface area contributed by atoms with Crippen LogP contribution in [0, 0.1) is 5.92 Å². The molecule has 6 heteroatoms. The lowest BCUT2D eigenvalue weighted by Gasteiger charge is -2.42. The van der Waals surface area contributed by atoms with E-state index in [0.717, 1.165) is 13.0 Å².